The van der Waals surface area contributed by atoms with Crippen molar-refractivity contribution >= 4 is 34.1 Å². The highest BCUT2D eigenvalue weighted by atomic mass is 32.1. The van der Waals surface area contributed by atoms with Crippen LogP contribution in [0.2, 0.25) is 0 Å². The average molecular weight is 390 g/mol. The molecule has 0 aliphatic carbocycles. The van der Waals surface area contributed by atoms with Gasteiger partial charge in [-0.05, 0) is 44.0 Å². The second-order valence-corrected chi connectivity index (χ2v) is 6.73. The van der Waals surface area contributed by atoms with Crippen molar-refractivity contribution in [3.63, 3.8) is 0 Å². The smallest absolute Gasteiger partial charge is 0.341 e. The van der Waals surface area contributed by atoms with E-state index in [1.54, 1.807) is 19.9 Å². The zero-order valence-electron chi connectivity index (χ0n) is 15.7. The van der Waals surface area contributed by atoms with E-state index >= 15 is 0 Å². The third-order valence-electron chi connectivity index (χ3n) is 3.67. The van der Waals surface area contributed by atoms with Gasteiger partial charge in [-0.15, -0.1) is 11.3 Å². The topological polar surface area (TPSA) is 93.7 Å². The fourth-order valence-electron chi connectivity index (χ4n) is 2.40. The van der Waals surface area contributed by atoms with Crippen LogP contribution in [0.1, 0.15) is 38.1 Å². The average Bonchev–Trinajstić information content (AvgIpc) is 2.95. The number of amides is 2. The van der Waals surface area contributed by atoms with E-state index in [4.69, 9.17) is 9.47 Å². The van der Waals surface area contributed by atoms with Crippen molar-refractivity contribution in [1.82, 2.24) is 5.32 Å². The van der Waals surface area contributed by atoms with Crippen molar-refractivity contribution in [2.75, 3.05) is 25.6 Å². The Balaban J connectivity index is 2.19. The Bertz CT molecular complexity index is 860. The summed E-state index contributed by atoms with van der Waals surface area (Å²) in [5, 5.41) is 5.44. The lowest BCUT2D eigenvalue weighted by Gasteiger charge is -2.09. The molecule has 2 N–H and O–H groups in total. The minimum atomic E-state index is -0.587. The minimum absolute atomic E-state index is 0.185. The summed E-state index contributed by atoms with van der Waals surface area (Å²) in [6, 6.07) is 7.33. The van der Waals surface area contributed by atoms with Gasteiger partial charge in [-0.3, -0.25) is 9.59 Å². The molecular weight excluding hydrogens is 368 g/mol. The van der Waals surface area contributed by atoms with Crippen molar-refractivity contribution in [2.45, 2.75) is 20.8 Å². The Hall–Kier alpha value is -2.87. The van der Waals surface area contributed by atoms with Gasteiger partial charge in [0, 0.05) is 7.05 Å². The summed E-state index contributed by atoms with van der Waals surface area (Å²) >= 11 is 1.03. The number of ether oxygens (including phenoxy) is 2. The molecule has 1 heterocycles. The van der Waals surface area contributed by atoms with Crippen LogP contribution in [-0.2, 0) is 9.53 Å². The maximum Gasteiger partial charge on any atom is 0.341 e. The molecule has 0 unspecified atom stereocenters. The fourth-order valence-corrected chi connectivity index (χ4v) is 3.55. The summed E-state index contributed by atoms with van der Waals surface area (Å²) in [7, 11) is 1.50. The van der Waals surface area contributed by atoms with Crippen LogP contribution in [0.25, 0.3) is 0 Å². The number of hydrogen-bond acceptors (Lipinski definition) is 6. The molecule has 1 aromatic carbocycles. The van der Waals surface area contributed by atoms with E-state index in [1.165, 1.54) is 7.05 Å². The van der Waals surface area contributed by atoms with Crippen molar-refractivity contribution in [3.05, 3.63) is 45.8 Å². The Morgan fingerprint density at radius 2 is 1.93 bits per heavy atom. The zero-order chi connectivity index (χ0) is 20.0. The van der Waals surface area contributed by atoms with Crippen molar-refractivity contribution in [2.24, 2.45) is 0 Å². The van der Waals surface area contributed by atoms with Crippen LogP contribution in [0, 0.1) is 13.8 Å². The van der Waals surface area contributed by atoms with E-state index in [1.807, 2.05) is 25.1 Å². The highest BCUT2D eigenvalue weighted by molar-refractivity contribution is 7.18. The summed E-state index contributed by atoms with van der Waals surface area (Å²) in [6.45, 7) is 5.22. The van der Waals surface area contributed by atoms with Crippen LogP contribution in [0.4, 0.5) is 5.00 Å². The number of hydrogen-bond donors (Lipinski definition) is 2. The monoisotopic (exact) mass is 390 g/mol. The maximum absolute atomic E-state index is 12.3. The van der Waals surface area contributed by atoms with Gasteiger partial charge in [-0.1, -0.05) is 12.1 Å². The van der Waals surface area contributed by atoms with E-state index in [-0.39, 0.29) is 29.7 Å². The predicted octanol–water partition coefficient (Wildman–Crippen LogP) is 2.92. The number of thiophene rings is 1. The van der Waals surface area contributed by atoms with Gasteiger partial charge in [0.15, 0.2) is 6.61 Å². The highest BCUT2D eigenvalue weighted by Gasteiger charge is 2.26. The molecule has 144 valence electrons. The van der Waals surface area contributed by atoms with Gasteiger partial charge in [0.2, 0.25) is 0 Å². The molecule has 8 heteroatoms. The lowest BCUT2D eigenvalue weighted by atomic mass is 10.1. The number of anilines is 1. The molecule has 0 atom stereocenters. The molecular formula is C19H22N2O5S. The third-order valence-corrected chi connectivity index (χ3v) is 4.88. The second kappa shape index (κ2) is 9.18. The Morgan fingerprint density at radius 1 is 1.19 bits per heavy atom. The molecule has 0 radical (unpaired) electrons. The number of esters is 1. The van der Waals surface area contributed by atoms with Gasteiger partial charge in [0.25, 0.3) is 11.8 Å². The van der Waals surface area contributed by atoms with Gasteiger partial charge < -0.3 is 20.1 Å². The molecule has 0 spiro atoms. The first kappa shape index (κ1) is 20.4. The molecule has 0 bridgehead atoms. The van der Waals surface area contributed by atoms with Gasteiger partial charge in [0.05, 0.1) is 17.0 Å². The summed E-state index contributed by atoms with van der Waals surface area (Å²) in [6.07, 6.45) is 0. The standard InChI is InChI=1S/C19H22N2O5S/c1-5-25-19(24)15-12(3)16(17(23)20-4)27-18(15)21-14(22)10-26-13-8-6-7-11(2)9-13/h6-9H,5,10H2,1-4H3,(H,20,23)(H,21,22). The highest BCUT2D eigenvalue weighted by Crippen LogP contribution is 2.33. The molecule has 7 nitrogen and oxygen atoms in total. The summed E-state index contributed by atoms with van der Waals surface area (Å²) in [4.78, 5) is 36.9. The zero-order valence-corrected chi connectivity index (χ0v) is 16.5. The van der Waals surface area contributed by atoms with Gasteiger partial charge in [-0.25, -0.2) is 4.79 Å². The normalized spacial score (nSPS) is 10.2. The van der Waals surface area contributed by atoms with E-state index in [2.05, 4.69) is 10.6 Å². The first-order valence-corrected chi connectivity index (χ1v) is 9.20. The van der Waals surface area contributed by atoms with Gasteiger partial charge in [-0.2, -0.15) is 0 Å². The molecule has 0 aliphatic rings. The van der Waals surface area contributed by atoms with Crippen LogP contribution >= 0.6 is 11.3 Å². The van der Waals surface area contributed by atoms with Crippen LogP contribution in [0.5, 0.6) is 5.75 Å². The molecule has 0 aliphatic heterocycles. The SMILES string of the molecule is CCOC(=O)c1c(NC(=O)COc2cccc(C)c2)sc(C(=O)NC)c1C. The first-order valence-electron chi connectivity index (χ1n) is 8.39. The number of benzene rings is 1. The molecule has 1 aromatic heterocycles. The third kappa shape index (κ3) is 5.07. The molecule has 2 aromatic rings. The van der Waals surface area contributed by atoms with Crippen LogP contribution < -0.4 is 15.4 Å². The fraction of sp³-hybridized carbons (Fsp3) is 0.316. The minimum Gasteiger partial charge on any atom is -0.484 e. The molecule has 0 fully saturated rings. The summed E-state index contributed by atoms with van der Waals surface area (Å²) < 4.78 is 10.5. The number of aryl methyl sites for hydroxylation is 1. The predicted molar refractivity (Wildman–Crippen MR) is 104 cm³/mol. The largest absolute Gasteiger partial charge is 0.484 e. The molecule has 0 saturated carbocycles. The molecule has 27 heavy (non-hydrogen) atoms. The number of carbonyl (C=O) groups excluding carboxylic acids is 3. The van der Waals surface area contributed by atoms with Crippen molar-refractivity contribution in [1.29, 1.82) is 0 Å². The van der Waals surface area contributed by atoms with Crippen LogP contribution in [0.15, 0.2) is 24.3 Å². The van der Waals surface area contributed by atoms with E-state index in [0.717, 1.165) is 16.9 Å². The number of nitrogens with one attached hydrogen (secondary N) is 2. The molecule has 2 rings (SSSR count). The second-order valence-electron chi connectivity index (χ2n) is 5.71. The lowest BCUT2D eigenvalue weighted by Crippen LogP contribution is -2.21. The molecule has 2 amide bonds. The van der Waals surface area contributed by atoms with Crippen LogP contribution in [0.3, 0.4) is 0 Å². The van der Waals surface area contributed by atoms with Gasteiger partial charge >= 0.3 is 5.97 Å². The Morgan fingerprint density at radius 3 is 2.56 bits per heavy atom. The van der Waals surface area contributed by atoms with Crippen molar-refractivity contribution < 1.29 is 23.9 Å². The maximum atomic E-state index is 12.3. The first-order chi connectivity index (χ1) is 12.9. The lowest BCUT2D eigenvalue weighted by molar-refractivity contribution is -0.118. The van der Waals surface area contributed by atoms with E-state index < -0.39 is 11.9 Å². The Kier molecular flexibility index (Phi) is 6.95. The van der Waals surface area contributed by atoms with Crippen molar-refractivity contribution in [3.8, 4) is 5.75 Å². The van der Waals surface area contributed by atoms with Crippen LogP contribution in [-0.4, -0.2) is 38.0 Å². The number of rotatable bonds is 7. The van der Waals surface area contributed by atoms with E-state index in [9.17, 15) is 14.4 Å². The number of carbonyl (C=O) groups is 3. The quantitative estimate of drug-likeness (QED) is 0.709. The van der Waals surface area contributed by atoms with E-state index in [0.29, 0.717) is 16.2 Å². The molecule has 0 saturated heterocycles. The summed E-state index contributed by atoms with van der Waals surface area (Å²) in [5.74, 6) is -0.785. The van der Waals surface area contributed by atoms with Gasteiger partial charge in [0.1, 0.15) is 10.8 Å². The Labute approximate surface area is 161 Å². The summed E-state index contributed by atoms with van der Waals surface area (Å²) in [5.41, 5.74) is 1.67.